The van der Waals surface area contributed by atoms with Crippen LogP contribution in [0.2, 0.25) is 0 Å². The molecular formula is C9H17N3. The van der Waals surface area contributed by atoms with Crippen LogP contribution >= 0.6 is 0 Å². The zero-order valence-corrected chi connectivity index (χ0v) is 8.04. The van der Waals surface area contributed by atoms with Crippen molar-refractivity contribution >= 4 is 0 Å². The second-order valence-corrected chi connectivity index (χ2v) is 3.71. The van der Waals surface area contributed by atoms with Gasteiger partial charge in [0.25, 0.3) is 0 Å². The molecule has 1 unspecified atom stereocenters. The molecule has 1 aromatic rings. The minimum absolute atomic E-state index is 0.0942. The van der Waals surface area contributed by atoms with Crippen molar-refractivity contribution in [1.82, 2.24) is 9.78 Å². The first kappa shape index (κ1) is 9.26. The number of aromatic nitrogens is 2. The summed E-state index contributed by atoms with van der Waals surface area (Å²) < 4.78 is 1.81. The van der Waals surface area contributed by atoms with E-state index in [2.05, 4.69) is 18.9 Å². The van der Waals surface area contributed by atoms with Crippen molar-refractivity contribution in [3.8, 4) is 0 Å². The van der Waals surface area contributed by atoms with Gasteiger partial charge in [-0.05, 0) is 25.3 Å². The van der Waals surface area contributed by atoms with Crippen LogP contribution in [0.5, 0.6) is 0 Å². The van der Waals surface area contributed by atoms with Gasteiger partial charge >= 0.3 is 0 Å². The summed E-state index contributed by atoms with van der Waals surface area (Å²) in [7, 11) is 1.92. The zero-order chi connectivity index (χ0) is 9.19. The second-order valence-electron chi connectivity index (χ2n) is 3.71. The minimum Gasteiger partial charge on any atom is -0.325 e. The van der Waals surface area contributed by atoms with Crippen LogP contribution in [-0.2, 0) is 13.5 Å². The van der Waals surface area contributed by atoms with Crippen LogP contribution in [0.4, 0.5) is 0 Å². The van der Waals surface area contributed by atoms with Crippen molar-refractivity contribution in [2.45, 2.75) is 32.2 Å². The summed E-state index contributed by atoms with van der Waals surface area (Å²) in [6.07, 6.45) is 5.78. The van der Waals surface area contributed by atoms with Gasteiger partial charge in [-0.2, -0.15) is 5.10 Å². The molecule has 0 aliphatic heterocycles. The molecule has 0 aliphatic carbocycles. The average molecular weight is 167 g/mol. The lowest BCUT2D eigenvalue weighted by molar-refractivity contribution is 0.450. The fourth-order valence-electron chi connectivity index (χ4n) is 1.15. The van der Waals surface area contributed by atoms with Crippen molar-refractivity contribution < 1.29 is 0 Å². The quantitative estimate of drug-likeness (QED) is 0.732. The Morgan fingerprint density at radius 2 is 2.33 bits per heavy atom. The van der Waals surface area contributed by atoms with E-state index in [1.807, 2.05) is 19.4 Å². The SMILES string of the molecule is CCC(C)(N)Cc1cnn(C)c1. The number of aryl methyl sites for hydroxylation is 1. The molecule has 0 radical (unpaired) electrons. The van der Waals surface area contributed by atoms with Gasteiger partial charge in [-0.1, -0.05) is 6.92 Å². The van der Waals surface area contributed by atoms with Gasteiger partial charge < -0.3 is 5.73 Å². The molecule has 1 atom stereocenters. The summed E-state index contributed by atoms with van der Waals surface area (Å²) in [5.74, 6) is 0. The minimum atomic E-state index is -0.0942. The van der Waals surface area contributed by atoms with Gasteiger partial charge in [-0.15, -0.1) is 0 Å². The smallest absolute Gasteiger partial charge is 0.0522 e. The first-order valence-electron chi connectivity index (χ1n) is 4.30. The maximum absolute atomic E-state index is 6.02. The van der Waals surface area contributed by atoms with E-state index in [1.165, 1.54) is 5.56 Å². The van der Waals surface area contributed by atoms with E-state index >= 15 is 0 Å². The molecule has 0 spiro atoms. The Labute approximate surface area is 73.6 Å². The summed E-state index contributed by atoms with van der Waals surface area (Å²) in [6.45, 7) is 4.18. The normalized spacial score (nSPS) is 16.0. The number of rotatable bonds is 3. The Morgan fingerprint density at radius 3 is 2.75 bits per heavy atom. The highest BCUT2D eigenvalue weighted by molar-refractivity contribution is 5.08. The molecule has 0 aromatic carbocycles. The fourth-order valence-corrected chi connectivity index (χ4v) is 1.15. The Bertz CT molecular complexity index is 250. The summed E-state index contributed by atoms with van der Waals surface area (Å²) in [4.78, 5) is 0. The molecule has 0 fully saturated rings. The zero-order valence-electron chi connectivity index (χ0n) is 8.04. The molecule has 2 N–H and O–H groups in total. The summed E-state index contributed by atoms with van der Waals surface area (Å²) in [5, 5.41) is 4.10. The van der Waals surface area contributed by atoms with E-state index in [0.717, 1.165) is 12.8 Å². The Hall–Kier alpha value is -0.830. The maximum Gasteiger partial charge on any atom is 0.0522 e. The monoisotopic (exact) mass is 167 g/mol. The first-order valence-corrected chi connectivity index (χ1v) is 4.30. The predicted molar refractivity (Wildman–Crippen MR) is 49.8 cm³/mol. The van der Waals surface area contributed by atoms with Crippen molar-refractivity contribution in [2.75, 3.05) is 0 Å². The van der Waals surface area contributed by atoms with Crippen LogP contribution in [0.1, 0.15) is 25.8 Å². The molecule has 0 bridgehead atoms. The highest BCUT2D eigenvalue weighted by atomic mass is 15.2. The van der Waals surface area contributed by atoms with Gasteiger partial charge in [0.1, 0.15) is 0 Å². The summed E-state index contributed by atoms with van der Waals surface area (Å²) in [6, 6.07) is 0. The van der Waals surface area contributed by atoms with Gasteiger partial charge in [0, 0.05) is 18.8 Å². The van der Waals surface area contributed by atoms with E-state index in [1.54, 1.807) is 4.68 Å². The third-order valence-electron chi connectivity index (χ3n) is 2.17. The molecule has 1 rings (SSSR count). The lowest BCUT2D eigenvalue weighted by atomic mass is 9.93. The van der Waals surface area contributed by atoms with Gasteiger partial charge in [0.05, 0.1) is 6.20 Å². The number of hydrogen-bond acceptors (Lipinski definition) is 2. The van der Waals surface area contributed by atoms with E-state index in [9.17, 15) is 0 Å². The standard InChI is InChI=1S/C9H17N3/c1-4-9(2,10)5-8-6-11-12(3)7-8/h6-7H,4-5,10H2,1-3H3. The molecule has 3 heteroatoms. The van der Waals surface area contributed by atoms with E-state index < -0.39 is 0 Å². The lowest BCUT2D eigenvalue weighted by Crippen LogP contribution is -2.37. The Kier molecular flexibility index (Phi) is 2.52. The number of nitrogens with zero attached hydrogens (tertiary/aromatic N) is 2. The van der Waals surface area contributed by atoms with Crippen LogP contribution in [0, 0.1) is 0 Å². The third-order valence-corrected chi connectivity index (χ3v) is 2.17. The second kappa shape index (κ2) is 3.27. The van der Waals surface area contributed by atoms with Gasteiger partial charge in [0.15, 0.2) is 0 Å². The van der Waals surface area contributed by atoms with Crippen molar-refractivity contribution in [1.29, 1.82) is 0 Å². The van der Waals surface area contributed by atoms with E-state index in [0.29, 0.717) is 0 Å². The van der Waals surface area contributed by atoms with Crippen molar-refractivity contribution in [3.05, 3.63) is 18.0 Å². The van der Waals surface area contributed by atoms with Gasteiger partial charge in [0.2, 0.25) is 0 Å². The Balaban J connectivity index is 2.63. The molecule has 12 heavy (non-hydrogen) atoms. The molecule has 0 saturated heterocycles. The maximum atomic E-state index is 6.02. The highest BCUT2D eigenvalue weighted by Crippen LogP contribution is 2.12. The topological polar surface area (TPSA) is 43.8 Å². The predicted octanol–water partition coefficient (Wildman–Crippen LogP) is 1.09. The van der Waals surface area contributed by atoms with Crippen LogP contribution in [0.3, 0.4) is 0 Å². The molecular weight excluding hydrogens is 150 g/mol. The molecule has 1 aromatic heterocycles. The molecule has 3 nitrogen and oxygen atoms in total. The van der Waals surface area contributed by atoms with Gasteiger partial charge in [-0.25, -0.2) is 0 Å². The van der Waals surface area contributed by atoms with Gasteiger partial charge in [-0.3, -0.25) is 4.68 Å². The van der Waals surface area contributed by atoms with E-state index in [4.69, 9.17) is 5.73 Å². The number of nitrogens with two attached hydrogens (primary N) is 1. The lowest BCUT2D eigenvalue weighted by Gasteiger charge is -2.21. The molecule has 1 heterocycles. The largest absolute Gasteiger partial charge is 0.325 e. The van der Waals surface area contributed by atoms with Crippen molar-refractivity contribution in [3.63, 3.8) is 0 Å². The third kappa shape index (κ3) is 2.34. The van der Waals surface area contributed by atoms with E-state index in [-0.39, 0.29) is 5.54 Å². The summed E-state index contributed by atoms with van der Waals surface area (Å²) >= 11 is 0. The van der Waals surface area contributed by atoms with Crippen molar-refractivity contribution in [2.24, 2.45) is 12.8 Å². The van der Waals surface area contributed by atoms with Crippen LogP contribution in [0.15, 0.2) is 12.4 Å². The number of hydrogen-bond donors (Lipinski definition) is 1. The molecule has 0 saturated carbocycles. The Morgan fingerprint density at radius 1 is 1.67 bits per heavy atom. The average Bonchev–Trinajstić information content (AvgIpc) is 2.35. The molecule has 0 aliphatic rings. The molecule has 68 valence electrons. The fraction of sp³-hybridized carbons (Fsp3) is 0.667. The highest BCUT2D eigenvalue weighted by Gasteiger charge is 2.16. The summed E-state index contributed by atoms with van der Waals surface area (Å²) in [5.41, 5.74) is 7.14. The first-order chi connectivity index (χ1) is 5.53. The van der Waals surface area contributed by atoms with Crippen LogP contribution < -0.4 is 5.73 Å². The molecule has 0 amide bonds. The van der Waals surface area contributed by atoms with Crippen LogP contribution in [0.25, 0.3) is 0 Å². The van der Waals surface area contributed by atoms with Crippen LogP contribution in [-0.4, -0.2) is 15.3 Å².